The molecule has 2 saturated heterocycles. The van der Waals surface area contributed by atoms with Crippen molar-refractivity contribution in [1.82, 2.24) is 10.3 Å². The van der Waals surface area contributed by atoms with Crippen LogP contribution in [-0.4, -0.2) is 42.2 Å². The van der Waals surface area contributed by atoms with E-state index in [1.54, 1.807) is 18.3 Å². The van der Waals surface area contributed by atoms with Gasteiger partial charge < -0.3 is 15.3 Å². The summed E-state index contributed by atoms with van der Waals surface area (Å²) in [5, 5.41) is 12.7. The molecule has 2 fully saturated rings. The topological polar surface area (TPSA) is 65.5 Å². The van der Waals surface area contributed by atoms with Crippen molar-refractivity contribution >= 4 is 11.8 Å². The Hall–Kier alpha value is -1.62. The van der Waals surface area contributed by atoms with Crippen LogP contribution in [0.2, 0.25) is 0 Å². The Kier molecular flexibility index (Phi) is 4.39. The molecular formula is C16H23N3O2. The smallest absolute Gasteiger partial charge is 0.339 e. The van der Waals surface area contributed by atoms with E-state index in [4.69, 9.17) is 0 Å². The molecular weight excluding hydrogens is 266 g/mol. The monoisotopic (exact) mass is 289 g/mol. The molecule has 0 bridgehead atoms. The Bertz CT molecular complexity index is 492. The largest absolute Gasteiger partial charge is 0.478 e. The van der Waals surface area contributed by atoms with Crippen LogP contribution in [0.1, 0.15) is 36.0 Å². The number of carbonyl (C=O) groups is 1. The lowest BCUT2D eigenvalue weighted by Gasteiger charge is -2.38. The molecule has 5 heteroatoms. The van der Waals surface area contributed by atoms with Gasteiger partial charge in [-0.2, -0.15) is 0 Å². The molecule has 0 spiro atoms. The number of rotatable bonds is 3. The van der Waals surface area contributed by atoms with Gasteiger partial charge in [-0.05, 0) is 62.7 Å². The molecule has 0 aliphatic carbocycles. The van der Waals surface area contributed by atoms with E-state index in [0.717, 1.165) is 50.9 Å². The first-order valence-electron chi connectivity index (χ1n) is 7.89. The van der Waals surface area contributed by atoms with E-state index in [-0.39, 0.29) is 0 Å². The van der Waals surface area contributed by atoms with E-state index in [1.165, 1.54) is 12.8 Å². The highest BCUT2D eigenvalue weighted by molar-refractivity contribution is 5.93. The highest BCUT2D eigenvalue weighted by atomic mass is 16.4. The summed E-state index contributed by atoms with van der Waals surface area (Å²) < 4.78 is 0. The predicted molar refractivity (Wildman–Crippen MR) is 81.7 cm³/mol. The van der Waals surface area contributed by atoms with Crippen LogP contribution in [-0.2, 0) is 0 Å². The lowest BCUT2D eigenvalue weighted by Crippen LogP contribution is -2.40. The molecule has 0 amide bonds. The lowest BCUT2D eigenvalue weighted by atomic mass is 9.79. The third-order valence-corrected chi connectivity index (χ3v) is 4.91. The van der Waals surface area contributed by atoms with Crippen molar-refractivity contribution < 1.29 is 9.90 Å². The fraction of sp³-hybridized carbons (Fsp3) is 0.625. The average molecular weight is 289 g/mol. The van der Waals surface area contributed by atoms with Crippen LogP contribution < -0.4 is 10.2 Å². The molecule has 2 aliphatic rings. The molecule has 1 aromatic heterocycles. The summed E-state index contributed by atoms with van der Waals surface area (Å²) in [6.07, 6.45) is 6.56. The van der Waals surface area contributed by atoms with E-state index in [0.29, 0.717) is 11.4 Å². The number of anilines is 1. The Morgan fingerprint density at radius 2 is 1.86 bits per heavy atom. The van der Waals surface area contributed by atoms with Gasteiger partial charge >= 0.3 is 5.97 Å². The number of hydrogen-bond acceptors (Lipinski definition) is 4. The Morgan fingerprint density at radius 3 is 2.52 bits per heavy atom. The number of hydrogen-bond donors (Lipinski definition) is 2. The molecule has 2 aliphatic heterocycles. The minimum atomic E-state index is -0.890. The van der Waals surface area contributed by atoms with Gasteiger partial charge in [-0.3, -0.25) is 0 Å². The average Bonchev–Trinajstić information content (AvgIpc) is 2.56. The SMILES string of the molecule is O=C(O)c1cccnc1N1CCC(C2CCNCC2)CC1. The standard InChI is InChI=1S/C16H23N3O2/c20-16(21)14-2-1-7-18-15(14)19-10-5-13(6-11-19)12-3-8-17-9-4-12/h1-2,7,12-13,17H,3-6,8-11H2,(H,20,21). The number of nitrogens with one attached hydrogen (secondary N) is 1. The zero-order chi connectivity index (χ0) is 14.7. The predicted octanol–water partition coefficient (Wildman–Crippen LogP) is 2.00. The van der Waals surface area contributed by atoms with Gasteiger partial charge in [0, 0.05) is 19.3 Å². The van der Waals surface area contributed by atoms with E-state index >= 15 is 0 Å². The quantitative estimate of drug-likeness (QED) is 0.891. The fourth-order valence-electron chi connectivity index (χ4n) is 3.71. The van der Waals surface area contributed by atoms with Gasteiger partial charge in [-0.25, -0.2) is 9.78 Å². The maximum Gasteiger partial charge on any atom is 0.339 e. The zero-order valence-corrected chi connectivity index (χ0v) is 12.3. The highest BCUT2D eigenvalue weighted by Gasteiger charge is 2.29. The first kappa shape index (κ1) is 14.3. The van der Waals surface area contributed by atoms with Crippen molar-refractivity contribution in [3.8, 4) is 0 Å². The molecule has 21 heavy (non-hydrogen) atoms. The fourth-order valence-corrected chi connectivity index (χ4v) is 3.71. The molecule has 1 aromatic rings. The van der Waals surface area contributed by atoms with Crippen LogP contribution in [0, 0.1) is 11.8 Å². The summed E-state index contributed by atoms with van der Waals surface area (Å²) in [5.41, 5.74) is 0.317. The normalized spacial score (nSPS) is 21.4. The zero-order valence-electron chi connectivity index (χ0n) is 12.3. The van der Waals surface area contributed by atoms with Gasteiger partial charge in [-0.15, -0.1) is 0 Å². The summed E-state index contributed by atoms with van der Waals surface area (Å²) in [6.45, 7) is 4.14. The number of carboxylic acid groups (broad SMARTS) is 1. The Labute approximate surface area is 125 Å². The van der Waals surface area contributed by atoms with Gasteiger partial charge in [0.25, 0.3) is 0 Å². The van der Waals surface area contributed by atoms with Crippen LogP contribution in [0.4, 0.5) is 5.82 Å². The van der Waals surface area contributed by atoms with Gasteiger partial charge in [0.15, 0.2) is 0 Å². The summed E-state index contributed by atoms with van der Waals surface area (Å²) in [5.74, 6) is 1.38. The molecule has 0 atom stereocenters. The highest BCUT2D eigenvalue weighted by Crippen LogP contribution is 2.32. The minimum Gasteiger partial charge on any atom is -0.478 e. The van der Waals surface area contributed by atoms with Crippen LogP contribution in [0.3, 0.4) is 0 Å². The summed E-state index contributed by atoms with van der Waals surface area (Å²) >= 11 is 0. The number of pyridine rings is 1. The number of carboxylic acids is 1. The van der Waals surface area contributed by atoms with Gasteiger partial charge in [0.05, 0.1) is 0 Å². The molecule has 3 rings (SSSR count). The van der Waals surface area contributed by atoms with Crippen molar-refractivity contribution in [2.75, 3.05) is 31.1 Å². The summed E-state index contributed by atoms with van der Waals surface area (Å²) in [6, 6.07) is 3.33. The Morgan fingerprint density at radius 1 is 1.19 bits per heavy atom. The second-order valence-corrected chi connectivity index (χ2v) is 6.09. The molecule has 2 N–H and O–H groups in total. The molecule has 0 unspecified atom stereocenters. The van der Waals surface area contributed by atoms with Crippen molar-refractivity contribution in [2.45, 2.75) is 25.7 Å². The second-order valence-electron chi connectivity index (χ2n) is 6.09. The lowest BCUT2D eigenvalue weighted by molar-refractivity contribution is 0.0697. The van der Waals surface area contributed by atoms with Crippen LogP contribution in [0.25, 0.3) is 0 Å². The molecule has 0 radical (unpaired) electrons. The molecule has 0 aromatic carbocycles. The van der Waals surface area contributed by atoms with Crippen molar-refractivity contribution in [3.05, 3.63) is 23.9 Å². The van der Waals surface area contributed by atoms with Crippen LogP contribution in [0.5, 0.6) is 0 Å². The van der Waals surface area contributed by atoms with Crippen LogP contribution in [0.15, 0.2) is 18.3 Å². The van der Waals surface area contributed by atoms with E-state index in [9.17, 15) is 9.90 Å². The van der Waals surface area contributed by atoms with Crippen molar-refractivity contribution in [2.24, 2.45) is 11.8 Å². The number of nitrogens with zero attached hydrogens (tertiary/aromatic N) is 2. The molecule has 5 nitrogen and oxygen atoms in total. The number of piperidine rings is 2. The van der Waals surface area contributed by atoms with E-state index < -0.39 is 5.97 Å². The van der Waals surface area contributed by atoms with Crippen molar-refractivity contribution in [1.29, 1.82) is 0 Å². The molecule has 114 valence electrons. The third-order valence-electron chi connectivity index (χ3n) is 4.91. The maximum absolute atomic E-state index is 11.3. The summed E-state index contributed by atoms with van der Waals surface area (Å²) in [4.78, 5) is 17.7. The van der Waals surface area contributed by atoms with Gasteiger partial charge in [0.2, 0.25) is 0 Å². The van der Waals surface area contributed by atoms with Crippen molar-refractivity contribution in [3.63, 3.8) is 0 Å². The van der Waals surface area contributed by atoms with E-state index in [2.05, 4.69) is 15.2 Å². The number of aromatic carboxylic acids is 1. The second kappa shape index (κ2) is 6.43. The Balaban J connectivity index is 1.64. The summed E-state index contributed by atoms with van der Waals surface area (Å²) in [7, 11) is 0. The van der Waals surface area contributed by atoms with Gasteiger partial charge in [0.1, 0.15) is 11.4 Å². The number of aromatic nitrogens is 1. The molecule has 3 heterocycles. The van der Waals surface area contributed by atoms with Crippen LogP contribution >= 0.6 is 0 Å². The minimum absolute atomic E-state index is 0.317. The van der Waals surface area contributed by atoms with Gasteiger partial charge in [-0.1, -0.05) is 0 Å². The third kappa shape index (κ3) is 3.18. The first-order chi connectivity index (χ1) is 10.3. The maximum atomic E-state index is 11.3. The van der Waals surface area contributed by atoms with E-state index in [1.807, 2.05) is 0 Å². The molecule has 0 saturated carbocycles. The first-order valence-corrected chi connectivity index (χ1v) is 7.89.